The van der Waals surface area contributed by atoms with Gasteiger partial charge in [-0.05, 0) is 18.2 Å². The van der Waals surface area contributed by atoms with Gasteiger partial charge in [0.25, 0.3) is 5.56 Å². The third kappa shape index (κ3) is 2.27. The van der Waals surface area contributed by atoms with Gasteiger partial charge in [0.05, 0.1) is 0 Å². The van der Waals surface area contributed by atoms with Crippen molar-refractivity contribution in [1.82, 2.24) is 9.97 Å². The third-order valence-electron chi connectivity index (χ3n) is 2.45. The molecule has 0 bridgehead atoms. The lowest BCUT2D eigenvalue weighted by Crippen LogP contribution is -2.02. The molecule has 0 saturated heterocycles. The number of nitrogens with zero attached hydrogens (tertiary/aromatic N) is 1. The number of hydrogen-bond acceptors (Lipinski definition) is 5. The lowest BCUT2D eigenvalue weighted by molar-refractivity contribution is 0.481. The molecule has 0 fully saturated rings. The van der Waals surface area contributed by atoms with Gasteiger partial charge in [0.1, 0.15) is 16.3 Å². The highest BCUT2D eigenvalue weighted by molar-refractivity contribution is 7.22. The summed E-state index contributed by atoms with van der Waals surface area (Å²) >= 11 is 1.17. The molecule has 0 aliphatic carbocycles. The molecule has 3 N–H and O–H groups in total. The summed E-state index contributed by atoms with van der Waals surface area (Å²) < 4.78 is 13.5. The van der Waals surface area contributed by atoms with Gasteiger partial charge in [0, 0.05) is 11.8 Å². The Labute approximate surface area is 110 Å². The topological polar surface area (TPSA) is 78.0 Å². The predicted octanol–water partition coefficient (Wildman–Crippen LogP) is 2.57. The van der Waals surface area contributed by atoms with Gasteiger partial charge < -0.3 is 15.4 Å². The standard InChI is InChI=1S/C12H8FN3O2S/c13-6-2-1-3-7(4-6)14-12-16-11-10(19-12)8(17)5-9(18)15-11/h1-5H,(H3,14,15,16,17,18). The van der Waals surface area contributed by atoms with E-state index in [2.05, 4.69) is 15.3 Å². The Bertz CT molecular complexity index is 812. The van der Waals surface area contributed by atoms with Gasteiger partial charge in [-0.25, -0.2) is 9.37 Å². The molecule has 0 spiro atoms. The fraction of sp³-hybridized carbons (Fsp3) is 0. The number of nitrogens with one attached hydrogen (secondary N) is 2. The first-order valence-electron chi connectivity index (χ1n) is 5.37. The van der Waals surface area contributed by atoms with Crippen LogP contribution in [0.15, 0.2) is 35.1 Å². The smallest absolute Gasteiger partial charge is 0.253 e. The van der Waals surface area contributed by atoms with Crippen LogP contribution in [-0.4, -0.2) is 15.1 Å². The van der Waals surface area contributed by atoms with Gasteiger partial charge in [-0.1, -0.05) is 17.4 Å². The minimum absolute atomic E-state index is 0.122. The molecule has 0 amide bonds. The molecule has 0 radical (unpaired) electrons. The molecule has 1 aromatic carbocycles. The van der Waals surface area contributed by atoms with Crippen LogP contribution in [0.1, 0.15) is 0 Å². The first-order chi connectivity index (χ1) is 9.11. The van der Waals surface area contributed by atoms with E-state index in [0.29, 0.717) is 21.2 Å². The zero-order valence-corrected chi connectivity index (χ0v) is 10.3. The number of aromatic hydroxyl groups is 1. The fourth-order valence-electron chi connectivity index (χ4n) is 1.66. The van der Waals surface area contributed by atoms with E-state index in [9.17, 15) is 14.3 Å². The monoisotopic (exact) mass is 277 g/mol. The van der Waals surface area contributed by atoms with E-state index >= 15 is 0 Å². The van der Waals surface area contributed by atoms with E-state index in [1.165, 1.54) is 23.5 Å². The van der Waals surface area contributed by atoms with E-state index in [-0.39, 0.29) is 11.6 Å². The zero-order chi connectivity index (χ0) is 13.4. The molecule has 3 rings (SSSR count). The van der Waals surface area contributed by atoms with Gasteiger partial charge in [-0.3, -0.25) is 4.79 Å². The Morgan fingerprint density at radius 3 is 3.00 bits per heavy atom. The Morgan fingerprint density at radius 1 is 1.37 bits per heavy atom. The highest BCUT2D eigenvalue weighted by Gasteiger charge is 2.09. The maximum atomic E-state index is 13.0. The zero-order valence-electron chi connectivity index (χ0n) is 9.48. The predicted molar refractivity (Wildman–Crippen MR) is 71.6 cm³/mol. The average Bonchev–Trinajstić information content (AvgIpc) is 2.71. The number of rotatable bonds is 2. The van der Waals surface area contributed by atoms with E-state index in [0.717, 1.165) is 6.07 Å². The van der Waals surface area contributed by atoms with Gasteiger partial charge in [-0.2, -0.15) is 0 Å². The highest BCUT2D eigenvalue weighted by Crippen LogP contribution is 2.31. The van der Waals surface area contributed by atoms with Crippen LogP contribution in [0.4, 0.5) is 15.2 Å². The summed E-state index contributed by atoms with van der Waals surface area (Å²) in [6.07, 6.45) is 0. The maximum Gasteiger partial charge on any atom is 0.253 e. The lowest BCUT2D eigenvalue weighted by Gasteiger charge is -2.00. The van der Waals surface area contributed by atoms with E-state index in [1.807, 2.05) is 0 Å². The molecule has 19 heavy (non-hydrogen) atoms. The van der Waals surface area contributed by atoms with Crippen molar-refractivity contribution in [3.63, 3.8) is 0 Å². The molecule has 0 aliphatic heterocycles. The Hall–Kier alpha value is -2.41. The molecule has 3 aromatic rings. The Morgan fingerprint density at radius 2 is 2.21 bits per heavy atom. The highest BCUT2D eigenvalue weighted by atomic mass is 32.1. The van der Waals surface area contributed by atoms with Crippen molar-refractivity contribution in [3.05, 3.63) is 46.5 Å². The molecule has 2 aromatic heterocycles. The summed E-state index contributed by atoms with van der Waals surface area (Å²) in [6.45, 7) is 0. The van der Waals surface area contributed by atoms with Crippen LogP contribution in [0.3, 0.4) is 0 Å². The molecule has 0 unspecified atom stereocenters. The molecule has 7 heteroatoms. The number of H-pyrrole nitrogens is 1. The largest absolute Gasteiger partial charge is 0.506 e. The van der Waals surface area contributed by atoms with E-state index in [4.69, 9.17) is 0 Å². The van der Waals surface area contributed by atoms with Crippen LogP contribution < -0.4 is 10.9 Å². The fourth-order valence-corrected chi connectivity index (χ4v) is 2.52. The van der Waals surface area contributed by atoms with E-state index in [1.54, 1.807) is 12.1 Å². The normalized spacial score (nSPS) is 10.8. The van der Waals surface area contributed by atoms with Crippen LogP contribution in [0.2, 0.25) is 0 Å². The molecule has 96 valence electrons. The third-order valence-corrected chi connectivity index (χ3v) is 3.44. The summed E-state index contributed by atoms with van der Waals surface area (Å²) in [5.41, 5.74) is 0.419. The van der Waals surface area contributed by atoms with Crippen LogP contribution in [0, 0.1) is 5.82 Å². The summed E-state index contributed by atoms with van der Waals surface area (Å²) in [5.74, 6) is -0.481. The van der Waals surface area contributed by atoms with Gasteiger partial charge in [-0.15, -0.1) is 0 Å². The van der Waals surface area contributed by atoms with Crippen molar-refractivity contribution in [2.24, 2.45) is 0 Å². The number of benzene rings is 1. The average molecular weight is 277 g/mol. The number of pyridine rings is 1. The molecule has 0 atom stereocenters. The summed E-state index contributed by atoms with van der Waals surface area (Å²) in [7, 11) is 0. The van der Waals surface area contributed by atoms with Gasteiger partial charge >= 0.3 is 0 Å². The SMILES string of the molecule is O=c1cc(O)c2sc(Nc3cccc(F)c3)nc2[nH]1. The number of hydrogen-bond donors (Lipinski definition) is 3. The van der Waals surface area contributed by atoms with Crippen LogP contribution >= 0.6 is 11.3 Å². The number of aromatic amines is 1. The molecule has 2 heterocycles. The lowest BCUT2D eigenvalue weighted by atomic mass is 10.3. The maximum absolute atomic E-state index is 13.0. The second kappa shape index (κ2) is 4.36. The van der Waals surface area contributed by atoms with Gasteiger partial charge in [0.2, 0.25) is 0 Å². The number of fused-ring (bicyclic) bond motifs is 1. The van der Waals surface area contributed by atoms with Crippen molar-refractivity contribution < 1.29 is 9.50 Å². The van der Waals surface area contributed by atoms with Crippen LogP contribution in [0.25, 0.3) is 10.3 Å². The van der Waals surface area contributed by atoms with Crippen molar-refractivity contribution in [2.45, 2.75) is 0 Å². The summed E-state index contributed by atoms with van der Waals surface area (Å²) in [6, 6.07) is 7.02. The van der Waals surface area contributed by atoms with Crippen molar-refractivity contribution >= 4 is 32.5 Å². The first kappa shape index (κ1) is 11.7. The molecule has 0 aliphatic rings. The van der Waals surface area contributed by atoms with E-state index < -0.39 is 5.56 Å². The quantitative estimate of drug-likeness (QED) is 0.672. The number of anilines is 2. The van der Waals surface area contributed by atoms with Crippen molar-refractivity contribution in [2.75, 3.05) is 5.32 Å². The number of thiazole rings is 1. The van der Waals surface area contributed by atoms with Crippen molar-refractivity contribution in [1.29, 1.82) is 0 Å². The summed E-state index contributed by atoms with van der Waals surface area (Å²) in [4.78, 5) is 17.8. The minimum atomic E-state index is -0.424. The molecular weight excluding hydrogens is 269 g/mol. The Kier molecular flexibility index (Phi) is 2.68. The number of aromatic nitrogens is 2. The second-order valence-corrected chi connectivity index (χ2v) is 4.85. The molecule has 5 nitrogen and oxygen atoms in total. The van der Waals surface area contributed by atoms with Crippen LogP contribution in [-0.2, 0) is 0 Å². The van der Waals surface area contributed by atoms with Crippen LogP contribution in [0.5, 0.6) is 5.75 Å². The molecule has 0 saturated carbocycles. The number of halogens is 1. The Balaban J connectivity index is 2.02. The first-order valence-corrected chi connectivity index (χ1v) is 6.19. The minimum Gasteiger partial charge on any atom is -0.506 e. The van der Waals surface area contributed by atoms with Gasteiger partial charge in [0.15, 0.2) is 10.8 Å². The second-order valence-electron chi connectivity index (χ2n) is 3.85. The van der Waals surface area contributed by atoms with Crippen molar-refractivity contribution in [3.8, 4) is 5.75 Å². The summed E-state index contributed by atoms with van der Waals surface area (Å²) in [5, 5.41) is 13.0. The molecular formula is C12H8FN3O2S.